The molecule has 4 aromatic rings. The summed E-state index contributed by atoms with van der Waals surface area (Å²) in [6.45, 7) is 4.02. The van der Waals surface area contributed by atoms with Crippen molar-refractivity contribution >= 4 is 50.0 Å². The third-order valence-corrected chi connectivity index (χ3v) is 6.86. The molecule has 0 aliphatic heterocycles. The van der Waals surface area contributed by atoms with Gasteiger partial charge in [-0.25, -0.2) is 4.98 Å². The van der Waals surface area contributed by atoms with Crippen molar-refractivity contribution in [3.63, 3.8) is 0 Å². The molecule has 126 valence electrons. The van der Waals surface area contributed by atoms with Crippen LogP contribution in [0.2, 0.25) is 0 Å². The highest BCUT2D eigenvalue weighted by Crippen LogP contribution is 2.34. The molecule has 0 aromatic carbocycles. The highest BCUT2D eigenvalue weighted by Gasteiger charge is 2.16. The van der Waals surface area contributed by atoms with Gasteiger partial charge >= 0.3 is 0 Å². The van der Waals surface area contributed by atoms with Gasteiger partial charge < -0.3 is 0 Å². The van der Waals surface area contributed by atoms with Crippen LogP contribution in [-0.2, 0) is 6.54 Å². The van der Waals surface area contributed by atoms with Gasteiger partial charge in [0.05, 0.1) is 23.1 Å². The first-order chi connectivity index (χ1) is 12.0. The quantitative estimate of drug-likeness (QED) is 0.476. The van der Waals surface area contributed by atoms with Crippen molar-refractivity contribution in [1.82, 2.24) is 9.55 Å². The Morgan fingerprint density at radius 1 is 1.12 bits per heavy atom. The number of ketones is 1. The normalized spacial score (nSPS) is 11.3. The third-order valence-electron chi connectivity index (χ3n) is 3.90. The molecule has 0 N–H and O–H groups in total. The number of fused-ring (bicyclic) bond motifs is 1. The van der Waals surface area contributed by atoms with E-state index < -0.39 is 0 Å². The highest BCUT2D eigenvalue weighted by atomic mass is 32.1. The third kappa shape index (κ3) is 2.99. The average Bonchev–Trinajstić information content (AvgIpc) is 3.29. The van der Waals surface area contributed by atoms with Gasteiger partial charge in [0.1, 0.15) is 4.83 Å². The predicted molar refractivity (Wildman–Crippen MR) is 105 cm³/mol. The molecule has 0 unspecified atom stereocenters. The van der Waals surface area contributed by atoms with Crippen molar-refractivity contribution < 1.29 is 4.79 Å². The molecule has 0 saturated carbocycles. The Bertz CT molecular complexity index is 1150. The Labute approximate surface area is 156 Å². The van der Waals surface area contributed by atoms with Gasteiger partial charge in [-0.05, 0) is 38.1 Å². The number of rotatable bonds is 4. The number of carbonyl (C=O) groups is 1. The van der Waals surface area contributed by atoms with E-state index in [1.165, 1.54) is 38.4 Å². The predicted octanol–water partition coefficient (Wildman–Crippen LogP) is 4.75. The fourth-order valence-corrected chi connectivity index (χ4v) is 5.32. The van der Waals surface area contributed by atoms with Gasteiger partial charge in [0.15, 0.2) is 5.78 Å². The van der Waals surface area contributed by atoms with Gasteiger partial charge in [-0.3, -0.25) is 14.2 Å². The standard InChI is InChI=1S/C18H14N2O2S3/c1-10-3-5-14(24-10)12-8-23-17-16(12)18(22)20(9-19-17)7-13(21)15-6-4-11(2)25-15/h3-6,8-9H,7H2,1-2H3. The molecule has 0 aliphatic carbocycles. The Morgan fingerprint density at radius 3 is 2.56 bits per heavy atom. The van der Waals surface area contributed by atoms with Crippen LogP contribution in [0.1, 0.15) is 19.4 Å². The SMILES string of the molecule is Cc1ccc(C(=O)Cn2cnc3scc(-c4ccc(C)s4)c3c2=O)s1. The molecular formula is C18H14N2O2S3. The lowest BCUT2D eigenvalue weighted by atomic mass is 10.2. The largest absolute Gasteiger partial charge is 0.291 e. The second-order valence-electron chi connectivity index (χ2n) is 5.75. The number of aryl methyl sites for hydroxylation is 2. The molecule has 7 heteroatoms. The second kappa shape index (κ2) is 6.33. The Balaban J connectivity index is 1.77. The zero-order valence-corrected chi connectivity index (χ0v) is 16.1. The minimum atomic E-state index is -0.158. The van der Waals surface area contributed by atoms with Crippen LogP contribution in [0.15, 0.2) is 40.8 Å². The Morgan fingerprint density at radius 2 is 1.88 bits per heavy atom. The molecule has 4 nitrogen and oxygen atoms in total. The van der Waals surface area contributed by atoms with Crippen molar-refractivity contribution in [2.75, 3.05) is 0 Å². The molecule has 0 amide bonds. The maximum atomic E-state index is 12.9. The molecule has 0 bridgehead atoms. The van der Waals surface area contributed by atoms with Gasteiger partial charge in [0.25, 0.3) is 5.56 Å². The smallest absolute Gasteiger partial charge is 0.263 e. The van der Waals surface area contributed by atoms with E-state index in [4.69, 9.17) is 0 Å². The molecular weight excluding hydrogens is 372 g/mol. The monoisotopic (exact) mass is 386 g/mol. The lowest BCUT2D eigenvalue weighted by Crippen LogP contribution is -2.24. The maximum absolute atomic E-state index is 12.9. The number of carbonyl (C=O) groups excluding carboxylic acids is 1. The van der Waals surface area contributed by atoms with Crippen LogP contribution in [-0.4, -0.2) is 15.3 Å². The van der Waals surface area contributed by atoms with E-state index in [2.05, 4.69) is 4.98 Å². The van der Waals surface area contributed by atoms with Gasteiger partial charge in [-0.15, -0.1) is 34.0 Å². The minimum Gasteiger partial charge on any atom is -0.291 e. The van der Waals surface area contributed by atoms with Crippen LogP contribution in [0.25, 0.3) is 20.7 Å². The Kier molecular flexibility index (Phi) is 4.15. The van der Waals surface area contributed by atoms with Crippen LogP contribution in [0.4, 0.5) is 0 Å². The number of nitrogens with zero attached hydrogens (tertiary/aromatic N) is 2. The van der Waals surface area contributed by atoms with Crippen LogP contribution >= 0.6 is 34.0 Å². The maximum Gasteiger partial charge on any atom is 0.263 e. The van der Waals surface area contributed by atoms with Crippen LogP contribution in [0, 0.1) is 13.8 Å². The van der Waals surface area contributed by atoms with Gasteiger partial charge in [0.2, 0.25) is 0 Å². The molecule has 0 atom stereocenters. The summed E-state index contributed by atoms with van der Waals surface area (Å²) in [5, 5.41) is 2.57. The molecule has 4 heterocycles. The number of hydrogen-bond acceptors (Lipinski definition) is 6. The van der Waals surface area contributed by atoms with E-state index in [-0.39, 0.29) is 17.9 Å². The average molecular weight is 387 g/mol. The van der Waals surface area contributed by atoms with E-state index in [1.54, 1.807) is 11.3 Å². The van der Waals surface area contributed by atoms with Crippen molar-refractivity contribution in [3.8, 4) is 10.4 Å². The molecule has 0 spiro atoms. The van der Waals surface area contributed by atoms with Gasteiger partial charge in [0, 0.05) is 25.6 Å². The zero-order valence-electron chi connectivity index (χ0n) is 13.6. The first-order valence-electron chi connectivity index (χ1n) is 7.66. The lowest BCUT2D eigenvalue weighted by Gasteiger charge is -2.04. The number of thiophene rings is 3. The van der Waals surface area contributed by atoms with Crippen molar-refractivity contribution in [2.24, 2.45) is 0 Å². The first kappa shape index (κ1) is 16.4. The van der Waals surface area contributed by atoms with Gasteiger partial charge in [-0.1, -0.05) is 0 Å². The zero-order chi connectivity index (χ0) is 17.6. The van der Waals surface area contributed by atoms with Crippen molar-refractivity contribution in [1.29, 1.82) is 0 Å². The summed E-state index contributed by atoms with van der Waals surface area (Å²) in [5.74, 6) is -0.0647. The van der Waals surface area contributed by atoms with E-state index >= 15 is 0 Å². The summed E-state index contributed by atoms with van der Waals surface area (Å²) in [6.07, 6.45) is 1.48. The van der Waals surface area contributed by atoms with Crippen LogP contribution < -0.4 is 5.56 Å². The number of Topliss-reactive ketones (excluding diaryl/α,β-unsaturated/α-hetero) is 1. The summed E-state index contributed by atoms with van der Waals surface area (Å²) >= 11 is 4.56. The molecule has 4 aromatic heterocycles. The highest BCUT2D eigenvalue weighted by molar-refractivity contribution is 7.19. The second-order valence-corrected chi connectivity index (χ2v) is 9.18. The summed E-state index contributed by atoms with van der Waals surface area (Å²) < 4.78 is 1.41. The van der Waals surface area contributed by atoms with Crippen LogP contribution in [0.5, 0.6) is 0 Å². The van der Waals surface area contributed by atoms with E-state index in [0.29, 0.717) is 15.1 Å². The first-order valence-corrected chi connectivity index (χ1v) is 10.2. The van der Waals surface area contributed by atoms with E-state index in [9.17, 15) is 9.59 Å². The molecule has 0 fully saturated rings. The van der Waals surface area contributed by atoms with Crippen molar-refractivity contribution in [2.45, 2.75) is 20.4 Å². The number of aromatic nitrogens is 2. The lowest BCUT2D eigenvalue weighted by molar-refractivity contribution is 0.0974. The fourth-order valence-electron chi connectivity index (χ4n) is 2.66. The summed E-state index contributed by atoms with van der Waals surface area (Å²) in [5.41, 5.74) is 0.748. The molecule has 0 aliphatic rings. The van der Waals surface area contributed by atoms with E-state index in [1.807, 2.05) is 43.5 Å². The molecule has 4 rings (SSSR count). The summed E-state index contributed by atoms with van der Waals surface area (Å²) in [4.78, 5) is 34.5. The van der Waals surface area contributed by atoms with Crippen molar-refractivity contribution in [3.05, 3.63) is 61.0 Å². The molecule has 25 heavy (non-hydrogen) atoms. The fraction of sp³-hybridized carbons (Fsp3) is 0.167. The summed E-state index contributed by atoms with van der Waals surface area (Å²) in [6, 6.07) is 7.79. The van der Waals surface area contributed by atoms with Crippen LogP contribution in [0.3, 0.4) is 0 Å². The number of hydrogen-bond donors (Lipinski definition) is 0. The minimum absolute atomic E-state index is 0.0144. The summed E-state index contributed by atoms with van der Waals surface area (Å²) in [7, 11) is 0. The Hall–Kier alpha value is -2.09. The molecule has 0 radical (unpaired) electrons. The van der Waals surface area contributed by atoms with Gasteiger partial charge in [-0.2, -0.15) is 0 Å². The van der Waals surface area contributed by atoms with E-state index in [0.717, 1.165) is 15.3 Å². The molecule has 0 saturated heterocycles. The topological polar surface area (TPSA) is 52.0 Å².